The van der Waals surface area contributed by atoms with Gasteiger partial charge >= 0.3 is 5.69 Å². The van der Waals surface area contributed by atoms with E-state index in [1.165, 1.54) is 9.58 Å². The van der Waals surface area contributed by atoms with Crippen LogP contribution in [0.4, 0.5) is 5.69 Å². The summed E-state index contributed by atoms with van der Waals surface area (Å²) in [6.07, 6.45) is 1.86. The lowest BCUT2D eigenvalue weighted by molar-refractivity contribution is -0.386. The van der Waals surface area contributed by atoms with Crippen LogP contribution < -0.4 is 0 Å². The predicted molar refractivity (Wildman–Crippen MR) is 110 cm³/mol. The normalized spacial score (nSPS) is 11.1. The first-order chi connectivity index (χ1) is 14.1. The summed E-state index contributed by atoms with van der Waals surface area (Å²) in [5, 5.41) is 23.9. The van der Waals surface area contributed by atoms with Gasteiger partial charge in [0.1, 0.15) is 17.1 Å². The summed E-state index contributed by atoms with van der Waals surface area (Å²) in [7, 11) is 1.65. The highest BCUT2D eigenvalue weighted by molar-refractivity contribution is 9.10. The van der Waals surface area contributed by atoms with Gasteiger partial charge in [-0.05, 0) is 43.6 Å². The number of rotatable bonds is 7. The van der Waals surface area contributed by atoms with Crippen molar-refractivity contribution in [3.8, 4) is 0 Å². The number of halogens is 1. The van der Waals surface area contributed by atoms with Crippen LogP contribution in [0.25, 0.3) is 0 Å². The van der Waals surface area contributed by atoms with E-state index in [0.717, 1.165) is 16.7 Å². The zero-order chi connectivity index (χ0) is 22.2. The number of amides is 1. The Bertz CT molecular complexity index is 1110. The average molecular weight is 480 g/mol. The SMILES string of the molecule is CCn1cc(Br)c(CN(C)C(=O)c2noc(C)c2Cn2nc(C)c([N+](=O)[O-])c2C)n1. The van der Waals surface area contributed by atoms with Crippen LogP contribution in [0.2, 0.25) is 0 Å². The van der Waals surface area contributed by atoms with Gasteiger partial charge in [0.05, 0.1) is 28.2 Å². The van der Waals surface area contributed by atoms with Crippen LogP contribution in [-0.4, -0.2) is 47.5 Å². The lowest BCUT2D eigenvalue weighted by atomic mass is 10.1. The summed E-state index contributed by atoms with van der Waals surface area (Å²) in [6, 6.07) is 0. The summed E-state index contributed by atoms with van der Waals surface area (Å²) < 4.78 is 9.34. The van der Waals surface area contributed by atoms with Gasteiger partial charge in [-0.2, -0.15) is 10.2 Å². The Morgan fingerprint density at radius 3 is 2.60 bits per heavy atom. The summed E-state index contributed by atoms with van der Waals surface area (Å²) in [6.45, 7) is 8.01. The molecule has 0 aliphatic carbocycles. The van der Waals surface area contributed by atoms with E-state index < -0.39 is 4.92 Å². The van der Waals surface area contributed by atoms with Crippen molar-refractivity contribution in [3.63, 3.8) is 0 Å². The van der Waals surface area contributed by atoms with Crippen LogP contribution >= 0.6 is 15.9 Å². The van der Waals surface area contributed by atoms with Crippen molar-refractivity contribution < 1.29 is 14.2 Å². The largest absolute Gasteiger partial charge is 0.361 e. The average Bonchev–Trinajstić information content (AvgIpc) is 3.31. The summed E-state index contributed by atoms with van der Waals surface area (Å²) in [5.74, 6) is 0.120. The van der Waals surface area contributed by atoms with E-state index in [1.807, 2.05) is 13.1 Å². The third-order valence-corrected chi connectivity index (χ3v) is 5.53. The Kier molecular flexibility index (Phi) is 6.06. The quantitative estimate of drug-likeness (QED) is 0.376. The van der Waals surface area contributed by atoms with E-state index >= 15 is 0 Å². The minimum Gasteiger partial charge on any atom is -0.361 e. The van der Waals surface area contributed by atoms with Gasteiger partial charge in [-0.1, -0.05) is 5.16 Å². The third-order valence-electron chi connectivity index (χ3n) is 4.87. The maximum Gasteiger partial charge on any atom is 0.312 e. The molecule has 0 unspecified atom stereocenters. The van der Waals surface area contributed by atoms with Crippen LogP contribution in [0.3, 0.4) is 0 Å². The van der Waals surface area contributed by atoms with Crippen molar-refractivity contribution in [1.29, 1.82) is 0 Å². The molecule has 0 aliphatic rings. The summed E-state index contributed by atoms with van der Waals surface area (Å²) in [5.41, 5.74) is 2.09. The molecule has 0 aromatic carbocycles. The van der Waals surface area contributed by atoms with Crippen molar-refractivity contribution in [3.05, 3.63) is 54.9 Å². The van der Waals surface area contributed by atoms with E-state index in [4.69, 9.17) is 4.52 Å². The maximum absolute atomic E-state index is 13.0. The number of carbonyl (C=O) groups excluding carboxylic acids is 1. The van der Waals surface area contributed by atoms with Gasteiger partial charge in [0.25, 0.3) is 5.91 Å². The molecule has 0 radical (unpaired) electrons. The number of aromatic nitrogens is 5. The van der Waals surface area contributed by atoms with Gasteiger partial charge in [-0.25, -0.2) is 0 Å². The van der Waals surface area contributed by atoms with Crippen molar-refractivity contribution in [2.75, 3.05) is 7.05 Å². The van der Waals surface area contributed by atoms with Gasteiger partial charge in [0.15, 0.2) is 5.69 Å². The second kappa shape index (κ2) is 8.38. The number of hydrogen-bond acceptors (Lipinski definition) is 7. The first-order valence-electron chi connectivity index (χ1n) is 9.24. The monoisotopic (exact) mass is 479 g/mol. The summed E-state index contributed by atoms with van der Waals surface area (Å²) >= 11 is 3.46. The Labute approximate surface area is 180 Å². The number of hydrogen-bond donors (Lipinski definition) is 0. The molecule has 0 bridgehead atoms. The fourth-order valence-electron chi connectivity index (χ4n) is 3.18. The molecule has 3 aromatic heterocycles. The molecule has 30 heavy (non-hydrogen) atoms. The smallest absolute Gasteiger partial charge is 0.312 e. The van der Waals surface area contributed by atoms with Crippen molar-refractivity contribution in [2.24, 2.45) is 0 Å². The van der Waals surface area contributed by atoms with Gasteiger partial charge in [0, 0.05) is 25.4 Å². The highest BCUT2D eigenvalue weighted by Gasteiger charge is 2.27. The van der Waals surface area contributed by atoms with Crippen molar-refractivity contribution >= 4 is 27.5 Å². The zero-order valence-electron chi connectivity index (χ0n) is 17.3. The van der Waals surface area contributed by atoms with E-state index in [2.05, 4.69) is 31.3 Å². The Morgan fingerprint density at radius 1 is 1.33 bits per heavy atom. The van der Waals surface area contributed by atoms with Gasteiger partial charge in [-0.15, -0.1) is 0 Å². The Morgan fingerprint density at radius 2 is 2.03 bits per heavy atom. The lowest BCUT2D eigenvalue weighted by Crippen LogP contribution is -2.28. The van der Waals surface area contributed by atoms with Crippen LogP contribution in [0.15, 0.2) is 15.2 Å². The highest BCUT2D eigenvalue weighted by atomic mass is 79.9. The Hall–Kier alpha value is -3.02. The minimum atomic E-state index is -0.457. The molecule has 0 fully saturated rings. The first-order valence-corrected chi connectivity index (χ1v) is 10.0. The minimum absolute atomic E-state index is 0.0366. The van der Waals surface area contributed by atoms with Crippen LogP contribution in [0.1, 0.15) is 45.8 Å². The molecule has 160 valence electrons. The molecule has 0 atom stereocenters. The third kappa shape index (κ3) is 3.99. The van der Waals surface area contributed by atoms with E-state index in [0.29, 0.717) is 22.7 Å². The molecular formula is C18H22BrN7O4. The molecule has 0 spiro atoms. The summed E-state index contributed by atoms with van der Waals surface area (Å²) in [4.78, 5) is 25.3. The van der Waals surface area contributed by atoms with E-state index in [1.54, 1.807) is 32.5 Å². The standard InChI is InChI=1S/C18H22BrN7O4/c1-6-24-8-14(19)15(21-24)9-23(5)18(27)16-13(12(4)30-22-16)7-25-11(3)17(26(28)29)10(2)20-25/h8H,6-7,9H2,1-5H3. The number of aryl methyl sites for hydroxylation is 3. The molecule has 0 aliphatic heterocycles. The first kappa shape index (κ1) is 21.7. The number of carbonyl (C=O) groups is 1. The van der Waals surface area contributed by atoms with Crippen LogP contribution in [0, 0.1) is 30.9 Å². The fraction of sp³-hybridized carbons (Fsp3) is 0.444. The molecule has 3 aromatic rings. The molecular weight excluding hydrogens is 458 g/mol. The molecule has 0 N–H and O–H groups in total. The maximum atomic E-state index is 13.0. The van der Waals surface area contributed by atoms with Crippen molar-refractivity contribution in [1.82, 2.24) is 29.6 Å². The Balaban J connectivity index is 1.86. The lowest BCUT2D eigenvalue weighted by Gasteiger charge is -2.15. The molecule has 1 amide bonds. The van der Waals surface area contributed by atoms with Gasteiger partial charge < -0.3 is 9.42 Å². The zero-order valence-corrected chi connectivity index (χ0v) is 18.9. The second-order valence-electron chi connectivity index (χ2n) is 6.94. The fourth-order valence-corrected chi connectivity index (χ4v) is 3.63. The predicted octanol–water partition coefficient (Wildman–Crippen LogP) is 3.00. The molecule has 3 heterocycles. The molecule has 11 nitrogen and oxygen atoms in total. The van der Waals surface area contributed by atoms with Crippen LogP contribution in [0.5, 0.6) is 0 Å². The second-order valence-corrected chi connectivity index (χ2v) is 7.80. The highest BCUT2D eigenvalue weighted by Crippen LogP contribution is 2.25. The number of nitrogens with zero attached hydrogens (tertiary/aromatic N) is 7. The van der Waals surface area contributed by atoms with E-state index in [9.17, 15) is 14.9 Å². The topological polar surface area (TPSA) is 125 Å². The van der Waals surface area contributed by atoms with Crippen molar-refractivity contribution in [2.45, 2.75) is 47.3 Å². The van der Waals surface area contributed by atoms with Crippen LogP contribution in [-0.2, 0) is 19.6 Å². The number of nitro groups is 1. The molecule has 0 saturated heterocycles. The molecule has 0 saturated carbocycles. The molecule has 12 heteroatoms. The van der Waals surface area contributed by atoms with Gasteiger partial charge in [-0.3, -0.25) is 24.3 Å². The van der Waals surface area contributed by atoms with Gasteiger partial charge in [0.2, 0.25) is 0 Å². The van der Waals surface area contributed by atoms with E-state index in [-0.39, 0.29) is 30.4 Å². The molecule has 3 rings (SSSR count).